The molecule has 0 radical (unpaired) electrons. The predicted octanol–water partition coefficient (Wildman–Crippen LogP) is 2.35. The molecule has 2 rings (SSSR count). The minimum Gasteiger partial charge on any atom is -0.326 e. The minimum atomic E-state index is -0.0138. The third-order valence-electron chi connectivity index (χ3n) is 2.07. The van der Waals surface area contributed by atoms with Crippen LogP contribution in [-0.4, -0.2) is 21.2 Å². The standard InChI is InChI=1S/C11H10BrN3O/c12-4-3-11(16)15-8-1-2-9-10(7-8)14-6-5-13-9/h1-2,5-7H,3-4H2,(H,15,16). The molecule has 0 fully saturated rings. The van der Waals surface area contributed by atoms with Gasteiger partial charge >= 0.3 is 0 Å². The molecule has 2 aromatic rings. The van der Waals surface area contributed by atoms with Crippen LogP contribution in [0.15, 0.2) is 30.6 Å². The van der Waals surface area contributed by atoms with E-state index in [1.807, 2.05) is 18.2 Å². The molecule has 0 unspecified atom stereocenters. The maximum absolute atomic E-state index is 11.4. The fourth-order valence-corrected chi connectivity index (χ4v) is 1.71. The molecule has 0 saturated heterocycles. The number of rotatable bonds is 3. The molecule has 0 atom stereocenters. The Morgan fingerprint density at radius 2 is 2.00 bits per heavy atom. The quantitative estimate of drug-likeness (QED) is 0.878. The van der Waals surface area contributed by atoms with Crippen LogP contribution in [0.5, 0.6) is 0 Å². The number of alkyl halides is 1. The van der Waals surface area contributed by atoms with Crippen molar-refractivity contribution in [1.29, 1.82) is 0 Å². The number of carbonyl (C=O) groups excluding carboxylic acids is 1. The predicted molar refractivity (Wildman–Crippen MR) is 66.6 cm³/mol. The third-order valence-corrected chi connectivity index (χ3v) is 2.47. The minimum absolute atomic E-state index is 0.0138. The number of carbonyl (C=O) groups is 1. The summed E-state index contributed by atoms with van der Waals surface area (Å²) in [6.07, 6.45) is 3.73. The monoisotopic (exact) mass is 279 g/mol. The second-order valence-corrected chi connectivity index (χ2v) is 4.04. The van der Waals surface area contributed by atoms with Crippen molar-refractivity contribution in [3.63, 3.8) is 0 Å². The lowest BCUT2D eigenvalue weighted by Gasteiger charge is -2.04. The molecule has 1 aromatic heterocycles. The first-order valence-corrected chi connectivity index (χ1v) is 5.98. The van der Waals surface area contributed by atoms with Gasteiger partial charge in [0.1, 0.15) is 0 Å². The second kappa shape index (κ2) is 5.03. The topological polar surface area (TPSA) is 54.9 Å². The lowest BCUT2D eigenvalue weighted by Crippen LogP contribution is -2.11. The Kier molecular flexibility index (Phi) is 3.46. The average molecular weight is 280 g/mol. The molecule has 1 aromatic carbocycles. The molecule has 1 amide bonds. The summed E-state index contributed by atoms with van der Waals surface area (Å²) in [5.41, 5.74) is 2.35. The first-order chi connectivity index (χ1) is 7.79. The molecule has 82 valence electrons. The van der Waals surface area contributed by atoms with Crippen molar-refractivity contribution < 1.29 is 4.79 Å². The molecule has 1 N–H and O–H groups in total. The number of hydrogen-bond acceptors (Lipinski definition) is 3. The van der Waals surface area contributed by atoms with Gasteiger partial charge in [-0.15, -0.1) is 0 Å². The molecule has 0 spiro atoms. The highest BCUT2D eigenvalue weighted by atomic mass is 79.9. The summed E-state index contributed by atoms with van der Waals surface area (Å²) < 4.78 is 0. The number of hydrogen-bond donors (Lipinski definition) is 1. The fourth-order valence-electron chi connectivity index (χ4n) is 1.35. The zero-order valence-corrected chi connectivity index (χ0v) is 10.1. The van der Waals surface area contributed by atoms with Crippen LogP contribution in [0.3, 0.4) is 0 Å². The van der Waals surface area contributed by atoms with Crippen LogP contribution in [0.4, 0.5) is 5.69 Å². The molecule has 0 bridgehead atoms. The van der Waals surface area contributed by atoms with Crippen molar-refractivity contribution in [2.24, 2.45) is 0 Å². The smallest absolute Gasteiger partial charge is 0.225 e. The highest BCUT2D eigenvalue weighted by Crippen LogP contribution is 2.15. The van der Waals surface area contributed by atoms with Crippen LogP contribution < -0.4 is 5.32 Å². The van der Waals surface area contributed by atoms with E-state index < -0.39 is 0 Å². The summed E-state index contributed by atoms with van der Waals surface area (Å²) in [5, 5.41) is 3.46. The van der Waals surface area contributed by atoms with Crippen molar-refractivity contribution in [1.82, 2.24) is 9.97 Å². The Bertz CT molecular complexity index is 515. The van der Waals surface area contributed by atoms with E-state index in [0.29, 0.717) is 11.8 Å². The van der Waals surface area contributed by atoms with E-state index in [2.05, 4.69) is 31.2 Å². The van der Waals surface area contributed by atoms with Crippen LogP contribution in [0.25, 0.3) is 11.0 Å². The number of halogens is 1. The summed E-state index contributed by atoms with van der Waals surface area (Å²) in [5.74, 6) is -0.0138. The van der Waals surface area contributed by atoms with Gasteiger partial charge in [-0.3, -0.25) is 14.8 Å². The van der Waals surface area contributed by atoms with Gasteiger partial charge in [0, 0.05) is 29.8 Å². The van der Waals surface area contributed by atoms with Crippen LogP contribution in [0, 0.1) is 0 Å². The molecule has 0 aliphatic carbocycles. The van der Waals surface area contributed by atoms with E-state index in [1.165, 1.54) is 0 Å². The van der Waals surface area contributed by atoms with Gasteiger partial charge in [0.25, 0.3) is 0 Å². The van der Waals surface area contributed by atoms with Gasteiger partial charge in [0.05, 0.1) is 11.0 Å². The highest BCUT2D eigenvalue weighted by molar-refractivity contribution is 9.09. The van der Waals surface area contributed by atoms with Crippen LogP contribution in [0.2, 0.25) is 0 Å². The number of aromatic nitrogens is 2. The van der Waals surface area contributed by atoms with Crippen LogP contribution in [0.1, 0.15) is 6.42 Å². The van der Waals surface area contributed by atoms with Crippen molar-refractivity contribution >= 4 is 38.6 Å². The first-order valence-electron chi connectivity index (χ1n) is 4.86. The van der Waals surface area contributed by atoms with Crippen LogP contribution in [-0.2, 0) is 4.79 Å². The van der Waals surface area contributed by atoms with Gasteiger partial charge in [-0.05, 0) is 18.2 Å². The Morgan fingerprint density at radius 1 is 1.25 bits per heavy atom. The lowest BCUT2D eigenvalue weighted by molar-refractivity contribution is -0.115. The Balaban J connectivity index is 2.22. The van der Waals surface area contributed by atoms with Crippen molar-refractivity contribution in [3.05, 3.63) is 30.6 Å². The molecule has 0 saturated carbocycles. The Morgan fingerprint density at radius 3 is 2.75 bits per heavy atom. The normalized spacial score (nSPS) is 10.3. The fraction of sp³-hybridized carbons (Fsp3) is 0.182. The number of benzene rings is 1. The van der Waals surface area contributed by atoms with E-state index >= 15 is 0 Å². The SMILES string of the molecule is O=C(CCBr)Nc1ccc2nccnc2c1. The Labute approximate surface area is 101 Å². The summed E-state index contributed by atoms with van der Waals surface area (Å²) in [6.45, 7) is 0. The van der Waals surface area contributed by atoms with Gasteiger partial charge < -0.3 is 5.32 Å². The third kappa shape index (κ3) is 2.55. The number of nitrogens with one attached hydrogen (secondary N) is 1. The molecule has 5 heteroatoms. The van der Waals surface area contributed by atoms with Crippen LogP contribution >= 0.6 is 15.9 Å². The molecule has 4 nitrogen and oxygen atoms in total. The van der Waals surface area contributed by atoms with Crippen molar-refractivity contribution in [2.45, 2.75) is 6.42 Å². The average Bonchev–Trinajstić information content (AvgIpc) is 2.29. The van der Waals surface area contributed by atoms with E-state index in [4.69, 9.17) is 0 Å². The molecule has 0 aliphatic heterocycles. The highest BCUT2D eigenvalue weighted by Gasteiger charge is 2.02. The first kappa shape index (κ1) is 11.0. The zero-order valence-electron chi connectivity index (χ0n) is 8.48. The van der Waals surface area contributed by atoms with E-state index in [0.717, 1.165) is 16.7 Å². The van der Waals surface area contributed by atoms with E-state index in [-0.39, 0.29) is 5.91 Å². The molecular weight excluding hydrogens is 270 g/mol. The van der Waals surface area contributed by atoms with Gasteiger partial charge in [0.2, 0.25) is 5.91 Å². The summed E-state index contributed by atoms with van der Waals surface area (Å²) in [6, 6.07) is 5.48. The maximum atomic E-state index is 11.4. The Hall–Kier alpha value is -1.49. The van der Waals surface area contributed by atoms with Crippen molar-refractivity contribution in [2.75, 3.05) is 10.6 Å². The van der Waals surface area contributed by atoms with Gasteiger partial charge in [-0.25, -0.2) is 0 Å². The number of fused-ring (bicyclic) bond motifs is 1. The van der Waals surface area contributed by atoms with Gasteiger partial charge in [-0.1, -0.05) is 15.9 Å². The number of anilines is 1. The van der Waals surface area contributed by atoms with Gasteiger partial charge in [-0.2, -0.15) is 0 Å². The molecule has 0 aliphatic rings. The summed E-state index contributed by atoms with van der Waals surface area (Å²) >= 11 is 3.22. The largest absolute Gasteiger partial charge is 0.326 e. The molecule has 1 heterocycles. The summed E-state index contributed by atoms with van der Waals surface area (Å²) in [4.78, 5) is 19.7. The van der Waals surface area contributed by atoms with E-state index in [1.54, 1.807) is 12.4 Å². The summed E-state index contributed by atoms with van der Waals surface area (Å²) in [7, 11) is 0. The molecular formula is C11H10BrN3O. The second-order valence-electron chi connectivity index (χ2n) is 3.25. The van der Waals surface area contributed by atoms with Crippen molar-refractivity contribution in [3.8, 4) is 0 Å². The number of nitrogens with zero attached hydrogens (tertiary/aromatic N) is 2. The maximum Gasteiger partial charge on any atom is 0.225 e. The number of amides is 1. The zero-order chi connectivity index (χ0) is 11.4. The lowest BCUT2D eigenvalue weighted by atomic mass is 10.2. The molecule has 16 heavy (non-hydrogen) atoms. The van der Waals surface area contributed by atoms with E-state index in [9.17, 15) is 4.79 Å². The van der Waals surface area contributed by atoms with Gasteiger partial charge in [0.15, 0.2) is 0 Å².